The maximum atomic E-state index is 11.2. The van der Waals surface area contributed by atoms with Crippen LogP contribution in [0.25, 0.3) is 0 Å². The number of hydrogen-bond donors (Lipinski definition) is 2. The molecule has 2 aromatic heterocycles. The first-order valence-corrected chi connectivity index (χ1v) is 6.59. The SMILES string of the molecule is Nc1cc(=O)[nH]c(SCc2nc(Cl)ccc2Cl)n1. The fraction of sp³-hybridized carbons (Fsp3) is 0.100. The highest BCUT2D eigenvalue weighted by atomic mass is 35.5. The molecule has 0 radical (unpaired) electrons. The van der Waals surface area contributed by atoms with E-state index in [1.165, 1.54) is 17.8 Å². The summed E-state index contributed by atoms with van der Waals surface area (Å²) in [6.45, 7) is 0. The van der Waals surface area contributed by atoms with Crippen LogP contribution in [0.3, 0.4) is 0 Å². The number of nitrogen functional groups attached to an aromatic ring is 1. The summed E-state index contributed by atoms with van der Waals surface area (Å²) in [7, 11) is 0. The molecule has 0 aliphatic heterocycles. The third-order valence-corrected chi connectivity index (χ3v) is 3.41. The first-order chi connectivity index (χ1) is 8.54. The highest BCUT2D eigenvalue weighted by Gasteiger charge is 2.06. The van der Waals surface area contributed by atoms with Crippen LogP contribution < -0.4 is 11.3 Å². The van der Waals surface area contributed by atoms with Gasteiger partial charge in [-0.25, -0.2) is 9.97 Å². The van der Waals surface area contributed by atoms with Gasteiger partial charge in [-0.15, -0.1) is 0 Å². The van der Waals surface area contributed by atoms with Crippen LogP contribution in [-0.2, 0) is 5.75 Å². The molecular formula is C10H8Cl2N4OS. The second kappa shape index (κ2) is 5.60. The normalized spacial score (nSPS) is 10.6. The van der Waals surface area contributed by atoms with Gasteiger partial charge in [-0.1, -0.05) is 35.0 Å². The highest BCUT2D eigenvalue weighted by molar-refractivity contribution is 7.98. The van der Waals surface area contributed by atoms with Crippen LogP contribution in [0.4, 0.5) is 5.82 Å². The summed E-state index contributed by atoms with van der Waals surface area (Å²) in [6, 6.07) is 4.50. The molecule has 8 heteroatoms. The largest absolute Gasteiger partial charge is 0.383 e. The van der Waals surface area contributed by atoms with Crippen LogP contribution in [0.15, 0.2) is 28.2 Å². The number of H-pyrrole nitrogens is 1. The number of aromatic nitrogens is 3. The lowest BCUT2D eigenvalue weighted by Crippen LogP contribution is -2.09. The van der Waals surface area contributed by atoms with E-state index in [0.717, 1.165) is 0 Å². The molecule has 5 nitrogen and oxygen atoms in total. The van der Waals surface area contributed by atoms with E-state index in [1.807, 2.05) is 0 Å². The van der Waals surface area contributed by atoms with Gasteiger partial charge in [-0.05, 0) is 12.1 Å². The monoisotopic (exact) mass is 302 g/mol. The van der Waals surface area contributed by atoms with Crippen LogP contribution in [0.5, 0.6) is 0 Å². The van der Waals surface area contributed by atoms with Gasteiger partial charge in [0.05, 0.1) is 10.7 Å². The molecule has 0 unspecified atom stereocenters. The molecule has 94 valence electrons. The maximum Gasteiger partial charge on any atom is 0.253 e. The zero-order chi connectivity index (χ0) is 13.1. The molecule has 0 spiro atoms. The van der Waals surface area contributed by atoms with Gasteiger partial charge in [0, 0.05) is 11.8 Å². The molecule has 0 aliphatic rings. The van der Waals surface area contributed by atoms with E-state index in [2.05, 4.69) is 15.0 Å². The smallest absolute Gasteiger partial charge is 0.253 e. The van der Waals surface area contributed by atoms with Gasteiger partial charge in [0.25, 0.3) is 5.56 Å². The fourth-order valence-corrected chi connectivity index (χ4v) is 2.47. The lowest BCUT2D eigenvalue weighted by molar-refractivity contribution is 0.943. The van der Waals surface area contributed by atoms with Crippen molar-refractivity contribution in [3.63, 3.8) is 0 Å². The van der Waals surface area contributed by atoms with Gasteiger partial charge >= 0.3 is 0 Å². The molecule has 2 rings (SSSR count). The standard InChI is InChI=1S/C10H8Cl2N4OS/c11-5-1-2-7(12)14-6(5)4-18-10-15-8(13)3-9(17)16-10/h1-3H,4H2,(H3,13,15,16,17). The Labute approximate surface area is 117 Å². The van der Waals surface area contributed by atoms with E-state index in [9.17, 15) is 4.79 Å². The van der Waals surface area contributed by atoms with E-state index < -0.39 is 0 Å². The van der Waals surface area contributed by atoms with Crippen molar-refractivity contribution in [2.75, 3.05) is 5.73 Å². The van der Waals surface area contributed by atoms with Gasteiger partial charge < -0.3 is 10.7 Å². The van der Waals surface area contributed by atoms with E-state index in [-0.39, 0.29) is 11.4 Å². The van der Waals surface area contributed by atoms with E-state index in [1.54, 1.807) is 12.1 Å². The molecule has 0 saturated heterocycles. The van der Waals surface area contributed by atoms with Crippen molar-refractivity contribution in [1.29, 1.82) is 0 Å². The Morgan fingerprint density at radius 1 is 1.33 bits per heavy atom. The number of rotatable bonds is 3. The van der Waals surface area contributed by atoms with Crippen molar-refractivity contribution < 1.29 is 0 Å². The van der Waals surface area contributed by atoms with Gasteiger partial charge in [-0.2, -0.15) is 0 Å². The molecule has 0 fully saturated rings. The van der Waals surface area contributed by atoms with Crippen molar-refractivity contribution in [1.82, 2.24) is 15.0 Å². The zero-order valence-corrected chi connectivity index (χ0v) is 11.3. The summed E-state index contributed by atoms with van der Waals surface area (Å²) in [5, 5.41) is 1.29. The van der Waals surface area contributed by atoms with Crippen molar-refractivity contribution >= 4 is 40.8 Å². The maximum absolute atomic E-state index is 11.2. The summed E-state index contributed by atoms with van der Waals surface area (Å²) in [5.74, 6) is 0.609. The van der Waals surface area contributed by atoms with Crippen LogP contribution in [0, 0.1) is 0 Å². The van der Waals surface area contributed by atoms with Crippen molar-refractivity contribution in [3.8, 4) is 0 Å². The average molecular weight is 303 g/mol. The number of halogens is 2. The molecular weight excluding hydrogens is 295 g/mol. The average Bonchev–Trinajstić information content (AvgIpc) is 2.29. The summed E-state index contributed by atoms with van der Waals surface area (Å²) in [6.07, 6.45) is 0. The minimum Gasteiger partial charge on any atom is -0.383 e. The molecule has 3 N–H and O–H groups in total. The number of nitrogens with zero attached hydrogens (tertiary/aromatic N) is 2. The predicted molar refractivity (Wildman–Crippen MR) is 73.1 cm³/mol. The lowest BCUT2D eigenvalue weighted by atomic mass is 10.4. The first kappa shape index (κ1) is 13.2. The number of hydrogen-bond acceptors (Lipinski definition) is 5. The quantitative estimate of drug-likeness (QED) is 0.516. The Morgan fingerprint density at radius 3 is 2.83 bits per heavy atom. The second-order valence-electron chi connectivity index (χ2n) is 3.33. The van der Waals surface area contributed by atoms with Crippen molar-refractivity contribution in [2.45, 2.75) is 10.9 Å². The minimum absolute atomic E-state index is 0.173. The van der Waals surface area contributed by atoms with Crippen LogP contribution in [0.1, 0.15) is 5.69 Å². The topological polar surface area (TPSA) is 84.7 Å². The number of anilines is 1. The molecule has 0 saturated carbocycles. The molecule has 18 heavy (non-hydrogen) atoms. The van der Waals surface area contributed by atoms with Gasteiger partial charge in [-0.3, -0.25) is 4.79 Å². The van der Waals surface area contributed by atoms with Gasteiger partial charge in [0.2, 0.25) is 0 Å². The number of aromatic amines is 1. The third-order valence-electron chi connectivity index (χ3n) is 1.97. The van der Waals surface area contributed by atoms with E-state index >= 15 is 0 Å². The van der Waals surface area contributed by atoms with Crippen LogP contribution in [0.2, 0.25) is 10.2 Å². The Balaban J connectivity index is 2.16. The van der Waals surface area contributed by atoms with Crippen molar-refractivity contribution in [2.24, 2.45) is 0 Å². The predicted octanol–water partition coefficient (Wildman–Crippen LogP) is 2.35. The first-order valence-electron chi connectivity index (χ1n) is 4.85. The van der Waals surface area contributed by atoms with Gasteiger partial charge in [0.15, 0.2) is 5.16 Å². The minimum atomic E-state index is -0.296. The number of nitrogens with one attached hydrogen (secondary N) is 1. The molecule has 0 amide bonds. The fourth-order valence-electron chi connectivity index (χ4n) is 1.22. The molecule has 0 aliphatic carbocycles. The van der Waals surface area contributed by atoms with Crippen LogP contribution in [-0.4, -0.2) is 15.0 Å². The molecule has 2 aromatic rings. The summed E-state index contributed by atoms with van der Waals surface area (Å²) >= 11 is 13.0. The number of nitrogens with two attached hydrogens (primary N) is 1. The van der Waals surface area contributed by atoms with E-state index in [4.69, 9.17) is 28.9 Å². The number of thioether (sulfide) groups is 1. The molecule has 2 heterocycles. The summed E-state index contributed by atoms with van der Waals surface area (Å²) in [5.41, 5.74) is 5.80. The lowest BCUT2D eigenvalue weighted by Gasteiger charge is -2.03. The summed E-state index contributed by atoms with van der Waals surface area (Å²) in [4.78, 5) is 21.8. The Kier molecular flexibility index (Phi) is 4.11. The molecule has 0 atom stereocenters. The van der Waals surface area contributed by atoms with Gasteiger partial charge in [0.1, 0.15) is 11.0 Å². The molecule has 0 aromatic carbocycles. The Bertz CT molecular complexity index is 632. The second-order valence-corrected chi connectivity index (χ2v) is 5.09. The third kappa shape index (κ3) is 3.38. The Morgan fingerprint density at radius 2 is 2.11 bits per heavy atom. The van der Waals surface area contributed by atoms with Crippen molar-refractivity contribution in [3.05, 3.63) is 44.4 Å². The summed E-state index contributed by atoms with van der Waals surface area (Å²) < 4.78 is 0. The zero-order valence-electron chi connectivity index (χ0n) is 8.98. The number of pyridine rings is 1. The van der Waals surface area contributed by atoms with E-state index in [0.29, 0.717) is 26.8 Å². The molecule has 0 bridgehead atoms. The highest BCUT2D eigenvalue weighted by Crippen LogP contribution is 2.24. The Hall–Kier alpha value is -1.24. The van der Waals surface area contributed by atoms with Crippen LogP contribution >= 0.6 is 35.0 Å².